The summed E-state index contributed by atoms with van der Waals surface area (Å²) in [6.07, 6.45) is 29.5. The van der Waals surface area contributed by atoms with E-state index in [1.165, 1.54) is 147 Å². The molecule has 0 bridgehead atoms. The summed E-state index contributed by atoms with van der Waals surface area (Å²) in [6, 6.07) is 2.53. The molecule has 0 radical (unpaired) electrons. The molecule has 4 saturated carbocycles. The Morgan fingerprint density at radius 1 is 0.462 bits per heavy atom. The maximum absolute atomic E-state index is 8.34. The largest absolute Gasteiger partial charge is 0.408 e. The fraction of sp³-hybridized carbons (Fsp3) is 1.00. The summed E-state index contributed by atoms with van der Waals surface area (Å²) in [6.45, 7) is 15.2. The molecule has 0 spiro atoms. The molecular formula is C35H68O2Si2. The van der Waals surface area contributed by atoms with Crippen LogP contribution in [-0.2, 0) is 8.85 Å². The highest BCUT2D eigenvalue weighted by Gasteiger charge is 2.68. The van der Waals surface area contributed by atoms with Gasteiger partial charge in [-0.1, -0.05) is 97.3 Å². The zero-order chi connectivity index (χ0) is 28.0. The smallest absolute Gasteiger partial charge is 0.187 e. The number of hydrogen-bond acceptors (Lipinski definition) is 2. The fourth-order valence-corrected chi connectivity index (χ4v) is 14.5. The van der Waals surface area contributed by atoms with E-state index in [-0.39, 0.29) is 11.2 Å². The molecule has 0 atom stereocenters. The van der Waals surface area contributed by atoms with Crippen LogP contribution in [0.3, 0.4) is 0 Å². The van der Waals surface area contributed by atoms with Gasteiger partial charge in [0.25, 0.3) is 0 Å². The van der Waals surface area contributed by atoms with Crippen LogP contribution in [0.25, 0.3) is 0 Å². The molecule has 4 aliphatic rings. The lowest BCUT2D eigenvalue weighted by Crippen LogP contribution is -2.75. The fourth-order valence-electron chi connectivity index (χ4n) is 10.2. The summed E-state index contributed by atoms with van der Waals surface area (Å²) in [4.78, 5) is 0. The topological polar surface area (TPSA) is 18.5 Å². The molecule has 0 unspecified atom stereocenters. The second-order valence-electron chi connectivity index (χ2n) is 15.8. The molecule has 4 fully saturated rings. The minimum Gasteiger partial charge on any atom is -0.408 e. The molecule has 0 aliphatic heterocycles. The molecule has 4 heteroatoms. The van der Waals surface area contributed by atoms with Gasteiger partial charge in [-0.15, -0.1) is 0 Å². The Balaban J connectivity index is 2.02. The van der Waals surface area contributed by atoms with Crippen molar-refractivity contribution >= 4 is 16.6 Å². The highest BCUT2D eigenvalue weighted by atomic mass is 28.4. The molecule has 2 nitrogen and oxygen atoms in total. The van der Waals surface area contributed by atoms with Crippen molar-refractivity contribution in [3.05, 3.63) is 0 Å². The Bertz CT molecular complexity index is 674. The molecule has 0 N–H and O–H groups in total. The van der Waals surface area contributed by atoms with Gasteiger partial charge in [0.1, 0.15) is 0 Å². The number of rotatable bonds is 12. The van der Waals surface area contributed by atoms with Crippen LogP contribution in [0.2, 0.25) is 38.3 Å². The lowest BCUT2D eigenvalue weighted by atomic mass is 9.50. The van der Waals surface area contributed by atoms with Crippen LogP contribution in [0.4, 0.5) is 0 Å². The zero-order valence-corrected chi connectivity index (χ0v) is 29.4. The van der Waals surface area contributed by atoms with E-state index < -0.39 is 16.6 Å². The lowest BCUT2D eigenvalue weighted by molar-refractivity contribution is -0.254. The van der Waals surface area contributed by atoms with E-state index in [1.54, 1.807) is 0 Å². The first kappa shape index (κ1) is 32.3. The Kier molecular flexibility index (Phi) is 11.8. The van der Waals surface area contributed by atoms with Crippen molar-refractivity contribution in [3.63, 3.8) is 0 Å². The minimum atomic E-state index is -1.89. The molecule has 228 valence electrons. The summed E-state index contributed by atoms with van der Waals surface area (Å²) < 4.78 is 16.6. The highest BCUT2D eigenvalue weighted by Crippen LogP contribution is 2.62. The van der Waals surface area contributed by atoms with E-state index in [0.717, 1.165) is 0 Å². The second kappa shape index (κ2) is 14.2. The van der Waals surface area contributed by atoms with Crippen LogP contribution in [0.5, 0.6) is 0 Å². The first-order chi connectivity index (χ1) is 18.7. The predicted octanol–water partition coefficient (Wildman–Crippen LogP) is 11.7. The molecule has 0 heterocycles. The van der Waals surface area contributed by atoms with Crippen LogP contribution in [0.15, 0.2) is 0 Å². The molecule has 0 aromatic rings. The Morgan fingerprint density at radius 2 is 0.744 bits per heavy atom. The summed E-state index contributed by atoms with van der Waals surface area (Å²) in [5, 5.41) is 0. The summed E-state index contributed by atoms with van der Waals surface area (Å²) in [5.74, 6) is 2.79. The molecule has 0 saturated heterocycles. The van der Waals surface area contributed by atoms with Crippen molar-refractivity contribution in [3.8, 4) is 0 Å². The van der Waals surface area contributed by atoms with Gasteiger partial charge in [-0.3, -0.25) is 0 Å². The van der Waals surface area contributed by atoms with Gasteiger partial charge in [0.05, 0.1) is 11.2 Å². The van der Waals surface area contributed by atoms with Gasteiger partial charge in [0, 0.05) is 0 Å². The summed E-state index contributed by atoms with van der Waals surface area (Å²) in [5.41, 5.74) is -0.135. The third kappa shape index (κ3) is 7.12. The van der Waals surface area contributed by atoms with Gasteiger partial charge in [0.2, 0.25) is 0 Å². The molecule has 4 rings (SSSR count). The molecule has 39 heavy (non-hydrogen) atoms. The van der Waals surface area contributed by atoms with Gasteiger partial charge >= 0.3 is 0 Å². The molecule has 0 aromatic heterocycles. The second-order valence-corrected chi connectivity index (χ2v) is 24.4. The van der Waals surface area contributed by atoms with E-state index >= 15 is 0 Å². The molecule has 4 aliphatic carbocycles. The van der Waals surface area contributed by atoms with Crippen molar-refractivity contribution in [2.24, 2.45) is 23.7 Å². The van der Waals surface area contributed by atoms with E-state index in [1.807, 2.05) is 0 Å². The maximum atomic E-state index is 8.34. The zero-order valence-electron chi connectivity index (χ0n) is 27.4. The van der Waals surface area contributed by atoms with Crippen LogP contribution in [0, 0.1) is 23.7 Å². The van der Waals surface area contributed by atoms with Crippen molar-refractivity contribution in [1.82, 2.24) is 0 Å². The van der Waals surface area contributed by atoms with Crippen molar-refractivity contribution in [2.45, 2.75) is 198 Å². The normalized spacial score (nSPS) is 24.8. The van der Waals surface area contributed by atoms with Gasteiger partial charge < -0.3 is 8.85 Å². The minimum absolute atomic E-state index is 0.0673. The first-order valence-electron chi connectivity index (χ1n) is 18.1. The number of hydrogen-bond donors (Lipinski definition) is 0. The van der Waals surface area contributed by atoms with Crippen molar-refractivity contribution in [1.29, 1.82) is 0 Å². The first-order valence-corrected chi connectivity index (χ1v) is 24.3. The quantitative estimate of drug-likeness (QED) is 0.215. The van der Waals surface area contributed by atoms with E-state index in [4.69, 9.17) is 8.85 Å². The average molecular weight is 577 g/mol. The highest BCUT2D eigenvalue weighted by molar-refractivity contribution is 6.71. The standard InChI is InChI=1S/C35H68O2Si2/c1-7-29-39(5,6)37-35(32-25-17-11-18-26-32,33-27-19-12-20-28-33)34(36-38(3,4)8-2,30-21-13-9-14-22-30)31-23-15-10-16-24-31/h30-33H,7-29H2,1-6H3. The van der Waals surface area contributed by atoms with E-state index in [0.29, 0.717) is 23.7 Å². The van der Waals surface area contributed by atoms with Gasteiger partial charge in [-0.05, 0) is 113 Å². The van der Waals surface area contributed by atoms with Crippen molar-refractivity contribution in [2.75, 3.05) is 0 Å². The maximum Gasteiger partial charge on any atom is 0.187 e. The summed E-state index contributed by atoms with van der Waals surface area (Å²) >= 11 is 0. The summed E-state index contributed by atoms with van der Waals surface area (Å²) in [7, 11) is -3.77. The SMILES string of the molecule is CCC[Si](C)(C)OC(C1CCCCC1)(C1CCCCC1)C(O[Si](C)(C)CC)(C1CCCCC1)C1CCCCC1. The Hall–Kier alpha value is 0.354. The third-order valence-corrected chi connectivity index (χ3v) is 17.2. The third-order valence-electron chi connectivity index (χ3n) is 12.1. The van der Waals surface area contributed by atoms with Crippen LogP contribution in [-0.4, -0.2) is 27.8 Å². The lowest BCUT2D eigenvalue weighted by Gasteiger charge is -2.68. The van der Waals surface area contributed by atoms with Gasteiger partial charge in [0.15, 0.2) is 16.6 Å². The van der Waals surface area contributed by atoms with Crippen LogP contribution >= 0.6 is 0 Å². The molecular weight excluding hydrogens is 509 g/mol. The average Bonchev–Trinajstić information content (AvgIpc) is 2.96. The molecule has 0 aromatic carbocycles. The Labute approximate surface area is 246 Å². The van der Waals surface area contributed by atoms with Gasteiger partial charge in [-0.25, -0.2) is 0 Å². The van der Waals surface area contributed by atoms with E-state index in [9.17, 15) is 0 Å². The Morgan fingerprint density at radius 3 is 1.00 bits per heavy atom. The van der Waals surface area contributed by atoms with Gasteiger partial charge in [-0.2, -0.15) is 0 Å². The van der Waals surface area contributed by atoms with Crippen LogP contribution < -0.4 is 0 Å². The van der Waals surface area contributed by atoms with Crippen LogP contribution in [0.1, 0.15) is 149 Å². The van der Waals surface area contributed by atoms with E-state index in [2.05, 4.69) is 40.0 Å². The monoisotopic (exact) mass is 576 g/mol. The predicted molar refractivity (Wildman–Crippen MR) is 174 cm³/mol. The molecule has 0 amide bonds. The van der Waals surface area contributed by atoms with Crippen molar-refractivity contribution < 1.29 is 8.85 Å².